The first-order valence-electron chi connectivity index (χ1n) is 5.02. The Bertz CT molecular complexity index is 192. The molecule has 0 saturated carbocycles. The first-order chi connectivity index (χ1) is 6.25. The Morgan fingerprint density at radius 1 is 1.07 bits per heavy atom. The summed E-state index contributed by atoms with van der Waals surface area (Å²) in [7, 11) is 0. The Hall–Kier alpha value is -0.860. The number of ketones is 1. The number of carbonyl (C=O) groups is 2. The van der Waals surface area contributed by atoms with Crippen LogP contribution < -0.4 is 5.32 Å². The molecule has 0 rings (SSSR count). The molecule has 0 aliphatic heterocycles. The molecule has 0 aliphatic rings. The molecule has 0 bridgehead atoms. The van der Waals surface area contributed by atoms with E-state index in [4.69, 9.17) is 0 Å². The van der Waals surface area contributed by atoms with E-state index in [0.29, 0.717) is 0 Å². The fraction of sp³-hybridized carbons (Fsp3) is 0.818. The molecule has 0 aromatic carbocycles. The van der Waals surface area contributed by atoms with Crippen LogP contribution in [-0.4, -0.2) is 17.7 Å². The lowest BCUT2D eigenvalue weighted by Gasteiger charge is -2.28. The van der Waals surface area contributed by atoms with E-state index in [2.05, 4.69) is 5.32 Å². The maximum absolute atomic E-state index is 11.1. The molecule has 0 aromatic heterocycles. The Balaban J connectivity index is 0. The Labute approximate surface area is 87.3 Å². The summed E-state index contributed by atoms with van der Waals surface area (Å²) in [6.07, 6.45) is 0. The molecule has 0 aromatic rings. The van der Waals surface area contributed by atoms with Crippen LogP contribution in [0.5, 0.6) is 0 Å². The quantitative estimate of drug-likeness (QED) is 0.744. The molecule has 14 heavy (non-hydrogen) atoms. The zero-order chi connectivity index (χ0) is 11.9. The van der Waals surface area contributed by atoms with Crippen molar-refractivity contribution < 1.29 is 9.59 Å². The van der Waals surface area contributed by atoms with Crippen LogP contribution in [0.25, 0.3) is 0 Å². The molecule has 0 saturated heterocycles. The minimum Gasteiger partial charge on any atom is -0.346 e. The molecule has 0 spiro atoms. The van der Waals surface area contributed by atoms with Gasteiger partial charge in [-0.25, -0.2) is 0 Å². The van der Waals surface area contributed by atoms with Crippen LogP contribution in [-0.2, 0) is 9.59 Å². The van der Waals surface area contributed by atoms with E-state index in [0.717, 1.165) is 0 Å². The molecular weight excluding hydrogens is 178 g/mol. The number of nitrogens with one attached hydrogen (secondary N) is 1. The van der Waals surface area contributed by atoms with Crippen LogP contribution in [0.1, 0.15) is 48.5 Å². The third kappa shape index (κ3) is 6.63. The Kier molecular flexibility index (Phi) is 7.33. The standard InChI is InChI=1S/C9H17NO2.C2H6/c1-6(11)8(9(3,4)5)10-7(2)12;1-2/h8H,1-5H3,(H,10,12);1-2H3. The van der Waals surface area contributed by atoms with Gasteiger partial charge in [-0.15, -0.1) is 0 Å². The lowest BCUT2D eigenvalue weighted by Crippen LogP contribution is -2.47. The van der Waals surface area contributed by atoms with E-state index in [9.17, 15) is 9.59 Å². The van der Waals surface area contributed by atoms with Crippen LogP contribution in [0, 0.1) is 5.41 Å². The van der Waals surface area contributed by atoms with Gasteiger partial charge in [-0.05, 0) is 12.3 Å². The number of carbonyl (C=O) groups excluding carboxylic acids is 2. The van der Waals surface area contributed by atoms with Gasteiger partial charge in [0, 0.05) is 6.92 Å². The monoisotopic (exact) mass is 201 g/mol. The number of Topliss-reactive ketones (excluding diaryl/α,β-unsaturated/α-hetero) is 1. The molecular formula is C11H23NO2. The van der Waals surface area contributed by atoms with E-state index in [1.807, 2.05) is 34.6 Å². The van der Waals surface area contributed by atoms with Gasteiger partial charge in [-0.2, -0.15) is 0 Å². The van der Waals surface area contributed by atoms with Crippen molar-refractivity contribution >= 4 is 11.7 Å². The highest BCUT2D eigenvalue weighted by atomic mass is 16.2. The molecule has 3 heteroatoms. The van der Waals surface area contributed by atoms with E-state index in [1.165, 1.54) is 13.8 Å². The number of amides is 1. The largest absolute Gasteiger partial charge is 0.346 e. The molecule has 0 fully saturated rings. The van der Waals surface area contributed by atoms with Gasteiger partial charge < -0.3 is 5.32 Å². The van der Waals surface area contributed by atoms with Crippen LogP contribution in [0.3, 0.4) is 0 Å². The first-order valence-corrected chi connectivity index (χ1v) is 5.02. The van der Waals surface area contributed by atoms with Gasteiger partial charge in [-0.3, -0.25) is 9.59 Å². The van der Waals surface area contributed by atoms with Crippen LogP contribution in [0.15, 0.2) is 0 Å². The van der Waals surface area contributed by atoms with Gasteiger partial charge in [0.15, 0.2) is 5.78 Å². The summed E-state index contributed by atoms with van der Waals surface area (Å²) in [5, 5.41) is 2.63. The van der Waals surface area contributed by atoms with Crippen molar-refractivity contribution in [1.29, 1.82) is 0 Å². The maximum Gasteiger partial charge on any atom is 0.217 e. The number of hydrogen-bond acceptors (Lipinski definition) is 2. The lowest BCUT2D eigenvalue weighted by atomic mass is 9.84. The van der Waals surface area contributed by atoms with Crippen molar-refractivity contribution in [3.05, 3.63) is 0 Å². The van der Waals surface area contributed by atoms with Crippen LogP contribution >= 0.6 is 0 Å². The second-order valence-electron chi connectivity index (χ2n) is 4.11. The van der Waals surface area contributed by atoms with Gasteiger partial charge in [0.05, 0.1) is 6.04 Å². The van der Waals surface area contributed by atoms with Gasteiger partial charge >= 0.3 is 0 Å². The lowest BCUT2D eigenvalue weighted by molar-refractivity contribution is -0.128. The molecule has 3 nitrogen and oxygen atoms in total. The van der Waals surface area contributed by atoms with Crippen molar-refractivity contribution in [2.45, 2.75) is 54.5 Å². The topological polar surface area (TPSA) is 46.2 Å². The highest BCUT2D eigenvalue weighted by molar-refractivity contribution is 5.87. The number of rotatable bonds is 2. The van der Waals surface area contributed by atoms with E-state index in [1.54, 1.807) is 0 Å². The molecule has 1 N–H and O–H groups in total. The summed E-state index contributed by atoms with van der Waals surface area (Å²) >= 11 is 0. The van der Waals surface area contributed by atoms with Gasteiger partial charge in [0.1, 0.15) is 0 Å². The summed E-state index contributed by atoms with van der Waals surface area (Å²) in [5.74, 6) is -0.164. The third-order valence-electron chi connectivity index (χ3n) is 1.62. The third-order valence-corrected chi connectivity index (χ3v) is 1.62. The highest BCUT2D eigenvalue weighted by Crippen LogP contribution is 2.19. The van der Waals surface area contributed by atoms with Crippen LogP contribution in [0.2, 0.25) is 0 Å². The summed E-state index contributed by atoms with van der Waals surface area (Å²) in [6, 6.07) is -0.380. The summed E-state index contributed by atoms with van der Waals surface area (Å²) < 4.78 is 0. The summed E-state index contributed by atoms with van der Waals surface area (Å²) in [6.45, 7) is 12.7. The van der Waals surface area contributed by atoms with Gasteiger partial charge in [-0.1, -0.05) is 34.6 Å². The van der Waals surface area contributed by atoms with E-state index >= 15 is 0 Å². The minimum atomic E-state index is -0.380. The average Bonchev–Trinajstić information content (AvgIpc) is 2.01. The first kappa shape index (κ1) is 15.6. The summed E-state index contributed by atoms with van der Waals surface area (Å²) in [5.41, 5.74) is -0.211. The zero-order valence-electron chi connectivity index (χ0n) is 10.4. The van der Waals surface area contributed by atoms with E-state index < -0.39 is 0 Å². The molecule has 0 radical (unpaired) electrons. The summed E-state index contributed by atoms with van der Waals surface area (Å²) in [4.78, 5) is 21.9. The molecule has 0 aliphatic carbocycles. The SMILES string of the molecule is CC.CC(=O)NC(C(C)=O)C(C)(C)C. The van der Waals surface area contributed by atoms with Crippen molar-refractivity contribution in [3.8, 4) is 0 Å². The Morgan fingerprint density at radius 2 is 1.43 bits per heavy atom. The second-order valence-corrected chi connectivity index (χ2v) is 4.11. The second kappa shape index (κ2) is 6.57. The van der Waals surface area contributed by atoms with Crippen molar-refractivity contribution in [1.82, 2.24) is 5.32 Å². The van der Waals surface area contributed by atoms with Crippen molar-refractivity contribution in [3.63, 3.8) is 0 Å². The molecule has 1 amide bonds. The molecule has 84 valence electrons. The molecule has 1 atom stereocenters. The van der Waals surface area contributed by atoms with Gasteiger partial charge in [0.25, 0.3) is 0 Å². The molecule has 0 heterocycles. The van der Waals surface area contributed by atoms with Crippen molar-refractivity contribution in [2.75, 3.05) is 0 Å². The smallest absolute Gasteiger partial charge is 0.217 e. The maximum atomic E-state index is 11.1. The predicted molar refractivity (Wildman–Crippen MR) is 59.1 cm³/mol. The Morgan fingerprint density at radius 3 is 1.50 bits per heavy atom. The van der Waals surface area contributed by atoms with Crippen molar-refractivity contribution in [2.24, 2.45) is 5.41 Å². The molecule has 1 unspecified atom stereocenters. The average molecular weight is 201 g/mol. The fourth-order valence-electron chi connectivity index (χ4n) is 1.13. The fourth-order valence-corrected chi connectivity index (χ4v) is 1.13. The predicted octanol–water partition coefficient (Wildman–Crippen LogP) is 2.15. The van der Waals surface area contributed by atoms with Crippen LogP contribution in [0.4, 0.5) is 0 Å². The van der Waals surface area contributed by atoms with E-state index in [-0.39, 0.29) is 23.1 Å². The normalized spacial score (nSPS) is 12.2. The zero-order valence-corrected chi connectivity index (χ0v) is 10.4. The highest BCUT2D eigenvalue weighted by Gasteiger charge is 2.28. The van der Waals surface area contributed by atoms with Gasteiger partial charge in [0.2, 0.25) is 5.91 Å². The minimum absolute atomic E-state index is 0.00213. The number of hydrogen-bond donors (Lipinski definition) is 1.